The fourth-order valence-corrected chi connectivity index (χ4v) is 5.92. The Labute approximate surface area is 204 Å². The molecule has 1 fully saturated rings. The zero-order valence-electron chi connectivity index (χ0n) is 22.4. The number of hydrogen-bond acceptors (Lipinski definition) is 7. The van der Waals surface area contributed by atoms with Crippen LogP contribution in [0.25, 0.3) is 0 Å². The van der Waals surface area contributed by atoms with E-state index in [4.69, 9.17) is 13.6 Å². The molecule has 2 heterocycles. The van der Waals surface area contributed by atoms with Crippen LogP contribution >= 0.6 is 0 Å². The number of nitrogens with zero attached hydrogens (tertiary/aromatic N) is 1. The predicted octanol–water partition coefficient (Wildman–Crippen LogP) is 2.82. The Balaban J connectivity index is 2.60. The highest BCUT2D eigenvalue weighted by Gasteiger charge is 2.59. The first-order chi connectivity index (χ1) is 15.3. The number of aromatic amines is 1. The SMILES string of the molecule is CC(C)(C)[Si](C)(C)OC[C@@]1(CO)O[C@@H](n2ccc(=O)[nH]c2=O)[C@H](CO)[C@@H]1O[Si](C)(C)C(C)(C)C. The molecule has 0 unspecified atom stereocenters. The van der Waals surface area contributed by atoms with Gasteiger partial charge in [-0.15, -0.1) is 0 Å². The lowest BCUT2D eigenvalue weighted by atomic mass is 9.91. The average molecular weight is 517 g/mol. The largest absolute Gasteiger partial charge is 0.414 e. The maximum Gasteiger partial charge on any atom is 0.330 e. The molecule has 0 spiro atoms. The normalized spacial score (nSPS) is 26.8. The molecule has 3 N–H and O–H groups in total. The summed E-state index contributed by atoms with van der Waals surface area (Å²) in [5, 5.41) is 20.9. The van der Waals surface area contributed by atoms with Gasteiger partial charge in [0.25, 0.3) is 5.56 Å². The van der Waals surface area contributed by atoms with Crippen molar-refractivity contribution < 1.29 is 23.8 Å². The molecule has 1 aliphatic rings. The Kier molecular flexibility index (Phi) is 8.36. The molecule has 0 radical (unpaired) electrons. The topological polar surface area (TPSA) is 123 Å². The van der Waals surface area contributed by atoms with Gasteiger partial charge in [-0.05, 0) is 36.3 Å². The number of aliphatic hydroxyl groups is 2. The Morgan fingerprint density at radius 3 is 2.06 bits per heavy atom. The molecule has 34 heavy (non-hydrogen) atoms. The van der Waals surface area contributed by atoms with Crippen molar-refractivity contribution in [1.29, 1.82) is 0 Å². The molecule has 11 heteroatoms. The van der Waals surface area contributed by atoms with Crippen molar-refractivity contribution in [2.45, 2.75) is 95.7 Å². The lowest BCUT2D eigenvalue weighted by molar-refractivity contribution is -0.145. The summed E-state index contributed by atoms with van der Waals surface area (Å²) in [5.74, 6) is -0.659. The molecule has 1 aromatic heterocycles. The summed E-state index contributed by atoms with van der Waals surface area (Å²) in [4.78, 5) is 26.5. The van der Waals surface area contributed by atoms with E-state index in [1.807, 2.05) is 0 Å². The van der Waals surface area contributed by atoms with Crippen LogP contribution in [-0.4, -0.2) is 67.9 Å². The van der Waals surface area contributed by atoms with Crippen LogP contribution in [0.3, 0.4) is 0 Å². The number of hydrogen-bond donors (Lipinski definition) is 3. The number of ether oxygens (including phenoxy) is 1. The molecule has 1 aromatic rings. The third kappa shape index (κ3) is 5.66. The molecule has 0 amide bonds. The van der Waals surface area contributed by atoms with Crippen LogP contribution in [0.4, 0.5) is 0 Å². The number of H-pyrrole nitrogens is 1. The third-order valence-corrected chi connectivity index (χ3v) is 16.9. The van der Waals surface area contributed by atoms with Crippen LogP contribution in [0.15, 0.2) is 21.9 Å². The van der Waals surface area contributed by atoms with Crippen molar-refractivity contribution >= 4 is 16.6 Å². The van der Waals surface area contributed by atoms with Crippen molar-refractivity contribution in [1.82, 2.24) is 9.55 Å². The number of aromatic nitrogens is 2. The number of aliphatic hydroxyl groups excluding tert-OH is 2. The minimum absolute atomic E-state index is 0.0599. The Bertz CT molecular complexity index is 962. The predicted molar refractivity (Wildman–Crippen MR) is 137 cm³/mol. The fraction of sp³-hybridized carbons (Fsp3) is 0.826. The molecule has 0 bridgehead atoms. The second-order valence-corrected chi connectivity index (χ2v) is 22.0. The summed E-state index contributed by atoms with van der Waals surface area (Å²) in [7, 11) is -4.62. The Morgan fingerprint density at radius 2 is 1.62 bits per heavy atom. The maximum atomic E-state index is 12.6. The quantitative estimate of drug-likeness (QED) is 0.454. The first kappa shape index (κ1) is 29.1. The smallest absolute Gasteiger partial charge is 0.330 e. The molecule has 0 aliphatic carbocycles. The lowest BCUT2D eigenvalue weighted by Crippen LogP contribution is -2.58. The van der Waals surface area contributed by atoms with Gasteiger partial charge in [-0.25, -0.2) is 4.79 Å². The third-order valence-electron chi connectivity index (χ3n) is 7.94. The van der Waals surface area contributed by atoms with Crippen LogP contribution < -0.4 is 11.2 Å². The molecule has 2 rings (SSSR count). The summed E-state index contributed by atoms with van der Waals surface area (Å²) < 4.78 is 20.9. The van der Waals surface area contributed by atoms with E-state index in [2.05, 4.69) is 72.7 Å². The van der Waals surface area contributed by atoms with Gasteiger partial charge in [-0.1, -0.05) is 41.5 Å². The maximum absolute atomic E-state index is 12.6. The van der Waals surface area contributed by atoms with Crippen molar-refractivity contribution in [3.63, 3.8) is 0 Å². The average Bonchev–Trinajstić information content (AvgIpc) is 2.97. The minimum Gasteiger partial charge on any atom is -0.414 e. The van der Waals surface area contributed by atoms with E-state index in [-0.39, 0.29) is 23.3 Å². The molecular weight excluding hydrogens is 472 g/mol. The van der Waals surface area contributed by atoms with Crippen molar-refractivity contribution in [3.05, 3.63) is 33.1 Å². The van der Waals surface area contributed by atoms with Crippen LogP contribution in [-0.2, 0) is 13.6 Å². The van der Waals surface area contributed by atoms with Crippen LogP contribution in [0.5, 0.6) is 0 Å². The number of nitrogens with one attached hydrogen (secondary N) is 1. The van der Waals surface area contributed by atoms with Crippen molar-refractivity contribution in [2.75, 3.05) is 19.8 Å². The molecule has 0 saturated carbocycles. The van der Waals surface area contributed by atoms with Gasteiger partial charge in [0.2, 0.25) is 0 Å². The second kappa shape index (κ2) is 9.76. The zero-order valence-corrected chi connectivity index (χ0v) is 24.4. The summed E-state index contributed by atoms with van der Waals surface area (Å²) in [5.41, 5.74) is -2.47. The Hall–Kier alpha value is -1.09. The summed E-state index contributed by atoms with van der Waals surface area (Å²) in [6, 6.07) is 1.23. The van der Waals surface area contributed by atoms with E-state index in [1.165, 1.54) is 16.8 Å². The molecular formula is C23H44N2O7Si2. The van der Waals surface area contributed by atoms with Gasteiger partial charge in [0.1, 0.15) is 11.8 Å². The summed E-state index contributed by atoms with van der Waals surface area (Å²) >= 11 is 0. The molecule has 196 valence electrons. The van der Waals surface area contributed by atoms with E-state index in [1.54, 1.807) is 0 Å². The highest BCUT2D eigenvalue weighted by molar-refractivity contribution is 6.74. The molecule has 4 atom stereocenters. The zero-order chi connectivity index (χ0) is 26.3. The van der Waals surface area contributed by atoms with Crippen molar-refractivity contribution in [2.24, 2.45) is 5.92 Å². The van der Waals surface area contributed by atoms with Gasteiger partial charge >= 0.3 is 5.69 Å². The van der Waals surface area contributed by atoms with Crippen LogP contribution in [0.2, 0.25) is 36.3 Å². The van der Waals surface area contributed by atoms with Gasteiger partial charge in [0, 0.05) is 12.3 Å². The van der Waals surface area contributed by atoms with Gasteiger partial charge in [-0.3, -0.25) is 14.3 Å². The molecule has 9 nitrogen and oxygen atoms in total. The first-order valence-electron chi connectivity index (χ1n) is 11.8. The van der Waals surface area contributed by atoms with E-state index < -0.39 is 58.3 Å². The van der Waals surface area contributed by atoms with Crippen LogP contribution in [0.1, 0.15) is 47.8 Å². The van der Waals surface area contributed by atoms with E-state index >= 15 is 0 Å². The van der Waals surface area contributed by atoms with Gasteiger partial charge in [-0.2, -0.15) is 0 Å². The van der Waals surface area contributed by atoms with Gasteiger partial charge < -0.3 is 23.8 Å². The first-order valence-corrected chi connectivity index (χ1v) is 17.7. The standard InChI is InChI=1S/C23H44N2O7Si2/c1-21(2,3)33(7,8)30-15-23(14-27)18(32-34(9,10)22(4,5)6)16(13-26)19(31-23)25-12-11-17(28)24-20(25)29/h11-12,16,18-19,26-27H,13-15H2,1-10H3,(H,24,28,29)/t16-,18+,19-,23-/m1/s1. The van der Waals surface area contributed by atoms with Gasteiger partial charge in [0.05, 0.1) is 31.8 Å². The van der Waals surface area contributed by atoms with Crippen molar-refractivity contribution in [3.8, 4) is 0 Å². The monoisotopic (exact) mass is 516 g/mol. The molecule has 0 aromatic carbocycles. The minimum atomic E-state index is -2.39. The number of rotatable bonds is 8. The Morgan fingerprint density at radius 1 is 1.06 bits per heavy atom. The van der Waals surface area contributed by atoms with E-state index in [0.29, 0.717) is 0 Å². The van der Waals surface area contributed by atoms with Crippen LogP contribution in [0, 0.1) is 5.92 Å². The molecule has 1 saturated heterocycles. The summed E-state index contributed by atoms with van der Waals surface area (Å²) in [6.07, 6.45) is -0.323. The van der Waals surface area contributed by atoms with Gasteiger partial charge in [0.15, 0.2) is 16.6 Å². The van der Waals surface area contributed by atoms with E-state index in [0.717, 1.165) is 0 Å². The fourth-order valence-electron chi connectivity index (χ4n) is 3.51. The lowest BCUT2D eigenvalue weighted by Gasteiger charge is -2.45. The molecule has 1 aliphatic heterocycles. The second-order valence-electron chi connectivity index (χ2n) is 12.4. The summed E-state index contributed by atoms with van der Waals surface area (Å²) in [6.45, 7) is 20.5. The van der Waals surface area contributed by atoms with E-state index in [9.17, 15) is 19.8 Å². The highest BCUT2D eigenvalue weighted by atomic mass is 28.4. The highest BCUT2D eigenvalue weighted by Crippen LogP contribution is 2.48.